The fraction of sp³-hybridized carbons (Fsp3) is 0.606. The molecule has 2 rings (SSSR count). The Morgan fingerprint density at radius 3 is 1.93 bits per heavy atom. The van der Waals surface area contributed by atoms with Crippen molar-refractivity contribution in [3.63, 3.8) is 0 Å². The highest BCUT2D eigenvalue weighted by Gasteiger charge is 2.34. The summed E-state index contributed by atoms with van der Waals surface area (Å²) in [5.41, 5.74) is -0.00231. The van der Waals surface area contributed by atoms with Gasteiger partial charge in [-0.3, -0.25) is 24.5 Å². The van der Waals surface area contributed by atoms with E-state index in [4.69, 9.17) is 23.9 Å². The molecule has 1 aromatic heterocycles. The molecule has 0 amide bonds. The summed E-state index contributed by atoms with van der Waals surface area (Å²) in [5, 5.41) is 5.75. The number of nitrogens with one attached hydrogen (secondary N) is 1. The molecule has 1 aromatic carbocycles. The molecule has 1 heterocycles. The van der Waals surface area contributed by atoms with Crippen LogP contribution in [0.2, 0.25) is 0 Å². The molecule has 1 N–H and O–H groups in total. The number of carbonyl (C=O) groups is 4. The van der Waals surface area contributed by atoms with Gasteiger partial charge in [0.25, 0.3) is 0 Å². The van der Waals surface area contributed by atoms with Gasteiger partial charge in [0.05, 0.1) is 16.5 Å². The lowest BCUT2D eigenvalue weighted by molar-refractivity contribution is -0.195. The number of rotatable bonds is 14. The van der Waals surface area contributed by atoms with Crippen LogP contribution < -0.4 is 5.32 Å². The van der Waals surface area contributed by atoms with Gasteiger partial charge in [-0.25, -0.2) is 4.98 Å². The SMILES string of the molecule is CCC(OC(=O)C(Cc1csc(-c2ccccc2)n1)NC(CC(C)C)C(=O)OC(C)OC(=O)C(C)(C)C)OC(=O)C(C)(C)C. The Bertz CT molecular complexity index is 1250. The Labute approximate surface area is 265 Å². The van der Waals surface area contributed by atoms with Crippen molar-refractivity contribution >= 4 is 35.2 Å². The van der Waals surface area contributed by atoms with E-state index in [-0.39, 0.29) is 18.8 Å². The topological polar surface area (TPSA) is 130 Å². The second kappa shape index (κ2) is 16.1. The van der Waals surface area contributed by atoms with E-state index in [9.17, 15) is 19.2 Å². The van der Waals surface area contributed by atoms with Gasteiger partial charge in [0, 0.05) is 30.7 Å². The van der Waals surface area contributed by atoms with Gasteiger partial charge in [-0.1, -0.05) is 51.1 Å². The molecule has 0 fully saturated rings. The molecular formula is C33H48N2O8S. The summed E-state index contributed by atoms with van der Waals surface area (Å²) in [6.07, 6.45) is -1.58. The lowest BCUT2D eigenvalue weighted by Gasteiger charge is -2.28. The zero-order valence-electron chi connectivity index (χ0n) is 27.6. The minimum atomic E-state index is -1.13. The lowest BCUT2D eigenvalue weighted by atomic mass is 9.97. The summed E-state index contributed by atoms with van der Waals surface area (Å²) in [4.78, 5) is 56.5. The largest absolute Gasteiger partial charge is 0.425 e. The molecular weight excluding hydrogens is 584 g/mol. The standard InChI is InChI=1S/C33H48N2O8S/c1-11-26(43-31(39)33(8,9)10)42-29(37)25(18-23-19-44-27(34-23)22-15-13-12-14-16-22)35-24(17-20(2)3)28(36)40-21(4)41-30(38)32(5,6)7/h12-16,19-21,24-26,35H,11,17-18H2,1-10H3. The first kappa shape index (κ1) is 36.9. The van der Waals surface area contributed by atoms with E-state index in [1.54, 1.807) is 48.5 Å². The van der Waals surface area contributed by atoms with Gasteiger partial charge in [-0.2, -0.15) is 0 Å². The van der Waals surface area contributed by atoms with E-state index in [2.05, 4.69) is 5.32 Å². The maximum Gasteiger partial charge on any atom is 0.326 e. The van der Waals surface area contributed by atoms with Crippen LogP contribution in [0, 0.1) is 16.7 Å². The van der Waals surface area contributed by atoms with E-state index in [1.807, 2.05) is 49.6 Å². The molecule has 0 aliphatic heterocycles. The average molecular weight is 633 g/mol. The number of carbonyl (C=O) groups excluding carboxylic acids is 4. The number of benzene rings is 1. The molecule has 0 aliphatic carbocycles. The van der Waals surface area contributed by atoms with Crippen LogP contribution in [-0.2, 0) is 44.5 Å². The van der Waals surface area contributed by atoms with Crippen LogP contribution in [0.4, 0.5) is 0 Å². The minimum absolute atomic E-state index is 0.0456. The summed E-state index contributed by atoms with van der Waals surface area (Å²) in [6, 6.07) is 7.69. The van der Waals surface area contributed by atoms with Crippen molar-refractivity contribution in [3.8, 4) is 10.6 Å². The Hall–Kier alpha value is -3.31. The molecule has 0 aliphatic rings. The summed E-state index contributed by atoms with van der Waals surface area (Å²) < 4.78 is 21.9. The number of nitrogens with zero attached hydrogens (tertiary/aromatic N) is 1. The quantitative estimate of drug-likeness (QED) is 0.193. The zero-order valence-corrected chi connectivity index (χ0v) is 28.4. The van der Waals surface area contributed by atoms with Gasteiger partial charge in [0.1, 0.15) is 17.1 Å². The van der Waals surface area contributed by atoms with Gasteiger partial charge in [0.2, 0.25) is 12.6 Å². The Morgan fingerprint density at radius 2 is 1.39 bits per heavy atom. The third kappa shape index (κ3) is 12.0. The van der Waals surface area contributed by atoms with Crippen molar-refractivity contribution in [3.05, 3.63) is 41.4 Å². The molecule has 0 spiro atoms. The van der Waals surface area contributed by atoms with E-state index >= 15 is 0 Å². The normalized spacial score (nSPS) is 14.7. The average Bonchev–Trinajstić information content (AvgIpc) is 3.39. The highest BCUT2D eigenvalue weighted by atomic mass is 32.1. The lowest BCUT2D eigenvalue weighted by Crippen LogP contribution is -2.51. The van der Waals surface area contributed by atoms with E-state index in [1.165, 1.54) is 18.3 Å². The van der Waals surface area contributed by atoms with Crippen molar-refractivity contribution in [1.29, 1.82) is 0 Å². The molecule has 0 bridgehead atoms. The van der Waals surface area contributed by atoms with Gasteiger partial charge < -0.3 is 18.9 Å². The highest BCUT2D eigenvalue weighted by Crippen LogP contribution is 2.25. The van der Waals surface area contributed by atoms with Crippen LogP contribution in [0.1, 0.15) is 87.8 Å². The van der Waals surface area contributed by atoms with Crippen molar-refractivity contribution < 1.29 is 38.1 Å². The summed E-state index contributed by atoms with van der Waals surface area (Å²) in [7, 11) is 0. The van der Waals surface area contributed by atoms with E-state index in [0.717, 1.165) is 10.6 Å². The molecule has 0 saturated carbocycles. The Balaban J connectivity index is 2.32. The first-order valence-corrected chi connectivity index (χ1v) is 15.9. The summed E-state index contributed by atoms with van der Waals surface area (Å²) in [6.45, 7) is 17.3. The second-order valence-corrected chi connectivity index (χ2v) is 14.1. The maximum atomic E-state index is 13.6. The zero-order chi connectivity index (χ0) is 33.2. The number of aromatic nitrogens is 1. The second-order valence-electron chi connectivity index (χ2n) is 13.2. The number of hydrogen-bond donors (Lipinski definition) is 1. The van der Waals surface area contributed by atoms with Crippen molar-refractivity contribution in [2.45, 2.75) is 113 Å². The van der Waals surface area contributed by atoms with E-state index < -0.39 is 59.4 Å². The van der Waals surface area contributed by atoms with Crippen LogP contribution >= 0.6 is 11.3 Å². The van der Waals surface area contributed by atoms with Crippen LogP contribution in [0.15, 0.2) is 35.7 Å². The number of thiazole rings is 1. The number of ether oxygens (including phenoxy) is 4. The Kier molecular flexibility index (Phi) is 13.5. The highest BCUT2D eigenvalue weighted by molar-refractivity contribution is 7.13. The number of esters is 4. The van der Waals surface area contributed by atoms with E-state index in [0.29, 0.717) is 12.1 Å². The predicted molar refractivity (Wildman–Crippen MR) is 168 cm³/mol. The molecule has 10 nitrogen and oxygen atoms in total. The Morgan fingerprint density at radius 1 is 0.818 bits per heavy atom. The van der Waals surface area contributed by atoms with Gasteiger partial charge in [-0.05, 0) is 53.9 Å². The molecule has 0 saturated heterocycles. The first-order chi connectivity index (χ1) is 20.4. The predicted octanol–water partition coefficient (Wildman–Crippen LogP) is 6.07. The molecule has 2 aromatic rings. The number of hydrogen-bond acceptors (Lipinski definition) is 11. The summed E-state index contributed by atoms with van der Waals surface area (Å²) >= 11 is 1.44. The van der Waals surface area contributed by atoms with Gasteiger partial charge in [0.15, 0.2) is 0 Å². The molecule has 4 unspecified atom stereocenters. The third-order valence-electron chi connectivity index (χ3n) is 6.26. The molecule has 11 heteroatoms. The van der Waals surface area contributed by atoms with Crippen LogP contribution in [-0.4, -0.2) is 53.5 Å². The fourth-order valence-electron chi connectivity index (χ4n) is 3.78. The maximum absolute atomic E-state index is 13.6. The third-order valence-corrected chi connectivity index (χ3v) is 7.20. The minimum Gasteiger partial charge on any atom is -0.425 e. The smallest absolute Gasteiger partial charge is 0.326 e. The fourth-order valence-corrected chi connectivity index (χ4v) is 4.61. The van der Waals surface area contributed by atoms with Crippen molar-refractivity contribution in [2.24, 2.45) is 16.7 Å². The van der Waals surface area contributed by atoms with Crippen LogP contribution in [0.3, 0.4) is 0 Å². The van der Waals surface area contributed by atoms with Crippen molar-refractivity contribution in [1.82, 2.24) is 10.3 Å². The van der Waals surface area contributed by atoms with Gasteiger partial charge in [-0.15, -0.1) is 11.3 Å². The van der Waals surface area contributed by atoms with Crippen molar-refractivity contribution in [2.75, 3.05) is 0 Å². The summed E-state index contributed by atoms with van der Waals surface area (Å²) in [5.74, 6) is -2.36. The monoisotopic (exact) mass is 632 g/mol. The molecule has 244 valence electrons. The molecule has 4 atom stereocenters. The molecule has 44 heavy (non-hydrogen) atoms. The van der Waals surface area contributed by atoms with Crippen LogP contribution in [0.25, 0.3) is 10.6 Å². The molecule has 0 radical (unpaired) electrons. The van der Waals surface area contributed by atoms with Crippen LogP contribution in [0.5, 0.6) is 0 Å². The van der Waals surface area contributed by atoms with Gasteiger partial charge >= 0.3 is 23.9 Å². The first-order valence-electron chi connectivity index (χ1n) is 15.0.